The number of ether oxygens (including phenoxy) is 4. The fraction of sp³-hybridized carbons (Fsp3) is 0.235. The highest BCUT2D eigenvalue weighted by molar-refractivity contribution is 7.07. The van der Waals surface area contributed by atoms with E-state index in [1.54, 1.807) is 36.9 Å². The van der Waals surface area contributed by atoms with Crippen molar-refractivity contribution in [3.05, 3.63) is 113 Å². The summed E-state index contributed by atoms with van der Waals surface area (Å²) >= 11 is 7.55. The summed E-state index contributed by atoms with van der Waals surface area (Å²) in [6.07, 6.45) is 0. The molecule has 0 saturated carbocycles. The normalized spacial score (nSPS) is 16.5. The summed E-state index contributed by atoms with van der Waals surface area (Å²) in [7, 11) is 4.46. The van der Waals surface area contributed by atoms with Gasteiger partial charge in [0, 0.05) is 10.6 Å². The van der Waals surface area contributed by atoms with Gasteiger partial charge in [0.1, 0.15) is 4.53 Å². The van der Waals surface area contributed by atoms with Gasteiger partial charge in [-0.3, -0.25) is 14.2 Å². The van der Waals surface area contributed by atoms with Crippen LogP contribution in [-0.4, -0.2) is 44.4 Å². The zero-order chi connectivity index (χ0) is 32.7. The van der Waals surface area contributed by atoms with Crippen LogP contribution in [0.15, 0.2) is 81.7 Å². The molecule has 1 amide bonds. The number of aromatic nitrogens is 1. The standard InChI is InChI=1S/C34H30ClN3O7S/c1-6-45-33(41)26-18(2)36-34-38(28(26)20-15-24(42-3)29(44-5)25(16-20)43-4)32(40)30(46-34)27-21-12-8-10-14-23(21)37(31(27)39)17-19-11-7-9-13-22(19)35/h7-16,28H,6,17H2,1-5H3/b30-27+/t28-/m1/s1. The molecule has 6 rings (SSSR count). The number of thiazole rings is 1. The van der Waals surface area contributed by atoms with Crippen molar-refractivity contribution in [1.29, 1.82) is 0 Å². The molecule has 3 aromatic carbocycles. The minimum atomic E-state index is -0.968. The van der Waals surface area contributed by atoms with E-state index >= 15 is 0 Å². The summed E-state index contributed by atoms with van der Waals surface area (Å²) in [5, 5.41) is 0.535. The predicted molar refractivity (Wildman–Crippen MR) is 175 cm³/mol. The molecule has 0 bridgehead atoms. The van der Waals surface area contributed by atoms with Crippen LogP contribution in [0.3, 0.4) is 0 Å². The summed E-state index contributed by atoms with van der Waals surface area (Å²) in [6, 6.07) is 17.1. The Morgan fingerprint density at radius 3 is 2.30 bits per heavy atom. The van der Waals surface area contributed by atoms with Gasteiger partial charge in [0.15, 0.2) is 16.3 Å². The summed E-state index contributed by atoms with van der Waals surface area (Å²) < 4.78 is 23.8. The molecule has 3 heterocycles. The lowest BCUT2D eigenvalue weighted by atomic mass is 9.95. The molecule has 0 unspecified atom stereocenters. The number of rotatable bonds is 8. The Labute approximate surface area is 273 Å². The molecule has 0 aliphatic carbocycles. The van der Waals surface area contributed by atoms with E-state index in [1.807, 2.05) is 42.5 Å². The first-order valence-electron chi connectivity index (χ1n) is 14.4. The first kappa shape index (κ1) is 31.1. The Morgan fingerprint density at radius 2 is 1.65 bits per heavy atom. The van der Waals surface area contributed by atoms with Crippen molar-refractivity contribution < 1.29 is 28.5 Å². The highest BCUT2D eigenvalue weighted by Gasteiger charge is 2.38. The van der Waals surface area contributed by atoms with Crippen LogP contribution in [0.1, 0.15) is 36.6 Å². The third-order valence-corrected chi connectivity index (χ3v) is 9.35. The topological polar surface area (TPSA) is 109 Å². The maximum Gasteiger partial charge on any atom is 0.338 e. The molecule has 2 aliphatic rings. The van der Waals surface area contributed by atoms with Crippen molar-refractivity contribution >= 4 is 46.1 Å². The molecule has 4 aromatic rings. The quantitative estimate of drug-likeness (QED) is 0.258. The molecule has 46 heavy (non-hydrogen) atoms. The molecule has 236 valence electrons. The number of fused-ring (bicyclic) bond motifs is 2. The minimum absolute atomic E-state index is 0.124. The van der Waals surface area contributed by atoms with Gasteiger partial charge in [-0.05, 0) is 49.2 Å². The second-order valence-electron chi connectivity index (χ2n) is 10.5. The van der Waals surface area contributed by atoms with Crippen LogP contribution in [-0.2, 0) is 20.9 Å². The highest BCUT2D eigenvalue weighted by atomic mass is 35.5. The summed E-state index contributed by atoms with van der Waals surface area (Å²) in [4.78, 5) is 48.8. The average Bonchev–Trinajstić information content (AvgIpc) is 3.52. The van der Waals surface area contributed by atoms with Gasteiger partial charge in [-0.1, -0.05) is 59.3 Å². The number of para-hydroxylation sites is 1. The van der Waals surface area contributed by atoms with Gasteiger partial charge in [0.2, 0.25) is 5.75 Å². The van der Waals surface area contributed by atoms with Crippen molar-refractivity contribution in [3.8, 4) is 17.2 Å². The van der Waals surface area contributed by atoms with Gasteiger partial charge in [-0.2, -0.15) is 0 Å². The SMILES string of the molecule is CCOC(=O)C1=C(C)N=c2s/c(=C3/C(=O)N(Cc4ccccc4Cl)c4ccccc43)c(=O)n2[C@@H]1c1cc(OC)c(OC)c(OC)c1. The number of hydrogen-bond donors (Lipinski definition) is 0. The molecule has 0 fully saturated rings. The fourth-order valence-corrected chi connectivity index (χ4v) is 7.20. The number of carbonyl (C=O) groups is 2. The third kappa shape index (κ3) is 5.05. The van der Waals surface area contributed by atoms with Gasteiger partial charge < -0.3 is 23.8 Å². The molecule has 0 N–H and O–H groups in total. The van der Waals surface area contributed by atoms with E-state index in [1.165, 1.54) is 25.9 Å². The van der Waals surface area contributed by atoms with Crippen molar-refractivity contribution in [1.82, 2.24) is 4.57 Å². The Kier molecular flexibility index (Phi) is 8.45. The maximum absolute atomic E-state index is 14.6. The molecular weight excluding hydrogens is 630 g/mol. The van der Waals surface area contributed by atoms with Gasteiger partial charge in [0.05, 0.1) is 63.1 Å². The number of carbonyl (C=O) groups excluding carboxylic acids is 2. The predicted octanol–water partition coefficient (Wildman–Crippen LogP) is 4.39. The number of allylic oxidation sites excluding steroid dienone is 1. The Morgan fingerprint density at radius 1 is 0.978 bits per heavy atom. The number of anilines is 1. The lowest BCUT2D eigenvalue weighted by Crippen LogP contribution is -2.41. The van der Waals surface area contributed by atoms with Crippen LogP contribution in [0, 0.1) is 0 Å². The van der Waals surface area contributed by atoms with Crippen molar-refractivity contribution in [2.24, 2.45) is 4.99 Å². The van der Waals surface area contributed by atoms with Crippen LogP contribution < -0.4 is 34.0 Å². The van der Waals surface area contributed by atoms with Crippen molar-refractivity contribution in [2.45, 2.75) is 26.4 Å². The molecule has 0 radical (unpaired) electrons. The first-order chi connectivity index (χ1) is 22.2. The molecule has 1 atom stereocenters. The summed E-state index contributed by atoms with van der Waals surface area (Å²) in [5.41, 5.74) is 2.90. The summed E-state index contributed by atoms with van der Waals surface area (Å²) in [6.45, 7) is 3.74. The number of nitrogens with zero attached hydrogens (tertiary/aromatic N) is 3. The fourth-order valence-electron chi connectivity index (χ4n) is 5.87. The molecule has 10 nitrogen and oxygen atoms in total. The Bertz CT molecular complexity index is 2090. The number of hydrogen-bond acceptors (Lipinski definition) is 9. The number of benzene rings is 3. The van der Waals surface area contributed by atoms with E-state index in [0.717, 1.165) is 16.9 Å². The number of amides is 1. The van der Waals surface area contributed by atoms with E-state index in [2.05, 4.69) is 4.99 Å². The third-order valence-electron chi connectivity index (χ3n) is 7.93. The summed E-state index contributed by atoms with van der Waals surface area (Å²) in [5.74, 6) is 0.0868. The first-order valence-corrected chi connectivity index (χ1v) is 15.6. The van der Waals surface area contributed by atoms with Gasteiger partial charge in [-0.25, -0.2) is 9.79 Å². The maximum atomic E-state index is 14.6. The lowest BCUT2D eigenvalue weighted by molar-refractivity contribution is -0.139. The van der Waals surface area contributed by atoms with Crippen molar-refractivity contribution in [3.63, 3.8) is 0 Å². The molecular formula is C34H30ClN3O7S. The van der Waals surface area contributed by atoms with Crippen LogP contribution in [0.2, 0.25) is 5.02 Å². The van der Waals surface area contributed by atoms with Crippen LogP contribution >= 0.6 is 22.9 Å². The molecule has 0 saturated heterocycles. The van der Waals surface area contributed by atoms with Crippen LogP contribution in [0.5, 0.6) is 17.2 Å². The van der Waals surface area contributed by atoms with Gasteiger partial charge >= 0.3 is 5.97 Å². The van der Waals surface area contributed by atoms with E-state index in [0.29, 0.717) is 49.6 Å². The number of esters is 1. The number of halogens is 1. The van der Waals surface area contributed by atoms with Crippen LogP contribution in [0.4, 0.5) is 5.69 Å². The molecule has 0 spiro atoms. The van der Waals surface area contributed by atoms with E-state index in [-0.39, 0.29) is 34.7 Å². The molecule has 2 aliphatic heterocycles. The largest absolute Gasteiger partial charge is 0.493 e. The Balaban J connectivity index is 1.61. The van der Waals surface area contributed by atoms with Gasteiger partial charge in [0.25, 0.3) is 11.5 Å². The second-order valence-corrected chi connectivity index (χ2v) is 11.8. The van der Waals surface area contributed by atoms with Crippen molar-refractivity contribution in [2.75, 3.05) is 32.8 Å². The average molecular weight is 660 g/mol. The molecule has 12 heteroatoms. The minimum Gasteiger partial charge on any atom is -0.493 e. The number of methoxy groups -OCH3 is 3. The van der Waals surface area contributed by atoms with E-state index in [9.17, 15) is 14.4 Å². The smallest absolute Gasteiger partial charge is 0.338 e. The zero-order valence-electron chi connectivity index (χ0n) is 25.8. The second kappa shape index (κ2) is 12.5. The molecule has 1 aromatic heterocycles. The zero-order valence-corrected chi connectivity index (χ0v) is 27.3. The van der Waals surface area contributed by atoms with E-state index in [4.69, 9.17) is 30.5 Å². The van der Waals surface area contributed by atoms with Crippen LogP contribution in [0.25, 0.3) is 5.57 Å². The highest BCUT2D eigenvalue weighted by Crippen LogP contribution is 2.43. The van der Waals surface area contributed by atoms with E-state index < -0.39 is 17.6 Å². The lowest BCUT2D eigenvalue weighted by Gasteiger charge is -2.26. The Hall–Kier alpha value is -4.87. The monoisotopic (exact) mass is 659 g/mol. The van der Waals surface area contributed by atoms with Gasteiger partial charge in [-0.15, -0.1) is 0 Å².